The Kier molecular flexibility index (Phi) is 3.62. The number of nitrogens with one attached hydrogen (secondary N) is 2. The zero-order chi connectivity index (χ0) is 13.8. The first-order valence-electron chi connectivity index (χ1n) is 5.52. The standard InChI is InChI=1S/C11H13N7O/c1-6-7(2)17-18-11(14-6)15-10(19)8-3-4-9(16-12)13-5-8/h3-5H,12H2,1-2H3,(H,13,16)(H,14,15,18,19). The van der Waals surface area contributed by atoms with E-state index in [1.807, 2.05) is 0 Å². The minimum absolute atomic E-state index is 0.161. The smallest absolute Gasteiger partial charge is 0.259 e. The summed E-state index contributed by atoms with van der Waals surface area (Å²) in [7, 11) is 0. The van der Waals surface area contributed by atoms with Gasteiger partial charge in [-0.05, 0) is 26.0 Å². The van der Waals surface area contributed by atoms with Crippen LogP contribution < -0.4 is 16.6 Å². The van der Waals surface area contributed by atoms with Crippen molar-refractivity contribution in [1.29, 1.82) is 0 Å². The van der Waals surface area contributed by atoms with Gasteiger partial charge in [-0.2, -0.15) is 5.10 Å². The summed E-state index contributed by atoms with van der Waals surface area (Å²) >= 11 is 0. The van der Waals surface area contributed by atoms with Gasteiger partial charge in [-0.15, -0.1) is 5.10 Å². The summed E-state index contributed by atoms with van der Waals surface area (Å²) in [5.74, 6) is 5.46. The summed E-state index contributed by atoms with van der Waals surface area (Å²) in [5.41, 5.74) is 4.19. The van der Waals surface area contributed by atoms with Crippen molar-refractivity contribution in [2.24, 2.45) is 5.84 Å². The summed E-state index contributed by atoms with van der Waals surface area (Å²) in [6.07, 6.45) is 1.40. The van der Waals surface area contributed by atoms with Crippen molar-refractivity contribution in [2.75, 3.05) is 10.7 Å². The second kappa shape index (κ2) is 5.36. The first-order chi connectivity index (χ1) is 9.10. The first kappa shape index (κ1) is 12.8. The summed E-state index contributed by atoms with van der Waals surface area (Å²) in [4.78, 5) is 20.0. The van der Waals surface area contributed by atoms with Gasteiger partial charge in [0.1, 0.15) is 5.82 Å². The highest BCUT2D eigenvalue weighted by Crippen LogP contribution is 2.07. The van der Waals surface area contributed by atoms with E-state index in [0.717, 1.165) is 5.69 Å². The number of carbonyl (C=O) groups excluding carboxylic acids is 1. The molecule has 19 heavy (non-hydrogen) atoms. The largest absolute Gasteiger partial charge is 0.308 e. The van der Waals surface area contributed by atoms with E-state index in [4.69, 9.17) is 5.84 Å². The minimum atomic E-state index is -0.360. The number of aromatic nitrogens is 4. The Hall–Kier alpha value is -2.61. The zero-order valence-corrected chi connectivity index (χ0v) is 10.5. The van der Waals surface area contributed by atoms with E-state index in [1.165, 1.54) is 6.20 Å². The van der Waals surface area contributed by atoms with Crippen molar-refractivity contribution < 1.29 is 4.79 Å². The van der Waals surface area contributed by atoms with E-state index in [0.29, 0.717) is 17.1 Å². The van der Waals surface area contributed by atoms with Crippen molar-refractivity contribution in [3.8, 4) is 0 Å². The summed E-state index contributed by atoms with van der Waals surface area (Å²) < 4.78 is 0. The summed E-state index contributed by atoms with van der Waals surface area (Å²) in [6, 6.07) is 3.18. The molecule has 0 aliphatic rings. The maximum atomic E-state index is 11.9. The highest BCUT2D eigenvalue weighted by Gasteiger charge is 2.09. The van der Waals surface area contributed by atoms with Gasteiger partial charge >= 0.3 is 0 Å². The van der Waals surface area contributed by atoms with Crippen LogP contribution >= 0.6 is 0 Å². The van der Waals surface area contributed by atoms with E-state index < -0.39 is 0 Å². The van der Waals surface area contributed by atoms with Gasteiger partial charge in [0, 0.05) is 6.20 Å². The predicted molar refractivity (Wildman–Crippen MR) is 69.3 cm³/mol. The van der Waals surface area contributed by atoms with Crippen LogP contribution in [0.4, 0.5) is 11.8 Å². The molecule has 0 radical (unpaired) electrons. The van der Waals surface area contributed by atoms with Gasteiger partial charge in [0.25, 0.3) is 5.91 Å². The molecule has 8 nitrogen and oxygen atoms in total. The van der Waals surface area contributed by atoms with Crippen LogP contribution in [0.25, 0.3) is 0 Å². The van der Waals surface area contributed by atoms with E-state index >= 15 is 0 Å². The Balaban J connectivity index is 2.13. The normalized spacial score (nSPS) is 10.1. The number of nitrogen functional groups attached to an aromatic ring is 1. The fourth-order valence-electron chi connectivity index (χ4n) is 1.30. The van der Waals surface area contributed by atoms with E-state index in [1.54, 1.807) is 26.0 Å². The molecule has 0 atom stereocenters. The second-order valence-electron chi connectivity index (χ2n) is 3.84. The molecule has 0 unspecified atom stereocenters. The summed E-state index contributed by atoms with van der Waals surface area (Å²) in [6.45, 7) is 3.59. The Morgan fingerprint density at radius 3 is 2.58 bits per heavy atom. The molecule has 0 aliphatic carbocycles. The van der Waals surface area contributed by atoms with Crippen LogP contribution in [-0.4, -0.2) is 26.1 Å². The molecule has 8 heteroatoms. The Morgan fingerprint density at radius 1 is 1.21 bits per heavy atom. The average molecular weight is 259 g/mol. The lowest BCUT2D eigenvalue weighted by Crippen LogP contribution is -2.16. The Bertz CT molecular complexity index is 596. The summed E-state index contributed by atoms with van der Waals surface area (Å²) in [5, 5.41) is 10.2. The van der Waals surface area contributed by atoms with Gasteiger partial charge in [-0.1, -0.05) is 0 Å². The van der Waals surface area contributed by atoms with E-state index in [9.17, 15) is 4.79 Å². The van der Waals surface area contributed by atoms with Gasteiger partial charge in [-0.25, -0.2) is 15.8 Å². The monoisotopic (exact) mass is 259 g/mol. The molecule has 4 N–H and O–H groups in total. The fourth-order valence-corrected chi connectivity index (χ4v) is 1.30. The maximum absolute atomic E-state index is 11.9. The number of hydrogen-bond acceptors (Lipinski definition) is 7. The SMILES string of the molecule is Cc1nnc(NC(=O)c2ccc(NN)nc2)nc1C. The average Bonchev–Trinajstić information content (AvgIpc) is 2.43. The Labute approximate surface area is 109 Å². The van der Waals surface area contributed by atoms with Crippen LogP contribution in [0.3, 0.4) is 0 Å². The molecule has 0 bridgehead atoms. The second-order valence-corrected chi connectivity index (χ2v) is 3.84. The number of aryl methyl sites for hydroxylation is 2. The number of hydrazine groups is 1. The molecule has 98 valence electrons. The van der Waals surface area contributed by atoms with Crippen molar-refractivity contribution in [3.05, 3.63) is 35.3 Å². The molecule has 0 aromatic carbocycles. The van der Waals surface area contributed by atoms with Gasteiger partial charge in [0.15, 0.2) is 0 Å². The molecule has 0 fully saturated rings. The van der Waals surface area contributed by atoms with Gasteiger partial charge in [0.05, 0.1) is 17.0 Å². The molecule has 2 rings (SSSR count). The van der Waals surface area contributed by atoms with Crippen molar-refractivity contribution in [1.82, 2.24) is 20.2 Å². The zero-order valence-electron chi connectivity index (χ0n) is 10.5. The quantitative estimate of drug-likeness (QED) is 0.540. The molecule has 0 saturated carbocycles. The van der Waals surface area contributed by atoms with Crippen LogP contribution in [-0.2, 0) is 0 Å². The number of amides is 1. The molecule has 1 amide bonds. The third kappa shape index (κ3) is 2.99. The van der Waals surface area contributed by atoms with Crippen LogP contribution in [0, 0.1) is 13.8 Å². The van der Waals surface area contributed by atoms with Gasteiger partial charge in [-0.3, -0.25) is 10.1 Å². The molecule has 0 aliphatic heterocycles. The molecule has 2 aromatic rings. The Morgan fingerprint density at radius 2 is 2.00 bits per heavy atom. The first-order valence-corrected chi connectivity index (χ1v) is 5.52. The van der Waals surface area contributed by atoms with E-state index in [2.05, 4.69) is 30.9 Å². The van der Waals surface area contributed by atoms with E-state index in [-0.39, 0.29) is 11.9 Å². The molecule has 2 heterocycles. The molecule has 0 spiro atoms. The molecule has 0 saturated heterocycles. The van der Waals surface area contributed by atoms with Gasteiger partial charge < -0.3 is 5.43 Å². The lowest BCUT2D eigenvalue weighted by molar-refractivity contribution is 0.102. The number of nitrogens with zero attached hydrogens (tertiary/aromatic N) is 4. The van der Waals surface area contributed by atoms with Gasteiger partial charge in [0.2, 0.25) is 5.95 Å². The fraction of sp³-hybridized carbons (Fsp3) is 0.182. The number of nitrogens with two attached hydrogens (primary N) is 1. The number of pyridine rings is 1. The molecular formula is C11H13N7O. The van der Waals surface area contributed by atoms with Crippen LogP contribution in [0.2, 0.25) is 0 Å². The van der Waals surface area contributed by atoms with Crippen molar-refractivity contribution in [3.63, 3.8) is 0 Å². The van der Waals surface area contributed by atoms with Crippen LogP contribution in [0.5, 0.6) is 0 Å². The topological polar surface area (TPSA) is 119 Å². The number of rotatable bonds is 3. The lowest BCUT2D eigenvalue weighted by Gasteiger charge is -2.05. The predicted octanol–water partition coefficient (Wildman–Crippen LogP) is 0.421. The lowest BCUT2D eigenvalue weighted by atomic mass is 10.2. The van der Waals surface area contributed by atoms with Crippen molar-refractivity contribution in [2.45, 2.75) is 13.8 Å². The minimum Gasteiger partial charge on any atom is -0.308 e. The highest BCUT2D eigenvalue weighted by molar-refractivity contribution is 6.03. The van der Waals surface area contributed by atoms with Crippen LogP contribution in [0.15, 0.2) is 18.3 Å². The number of carbonyl (C=O) groups is 1. The highest BCUT2D eigenvalue weighted by atomic mass is 16.1. The van der Waals surface area contributed by atoms with Crippen molar-refractivity contribution >= 4 is 17.7 Å². The molecular weight excluding hydrogens is 246 g/mol. The number of hydrogen-bond donors (Lipinski definition) is 3. The van der Waals surface area contributed by atoms with Crippen LogP contribution in [0.1, 0.15) is 21.7 Å². The third-order valence-electron chi connectivity index (χ3n) is 2.49. The molecule has 2 aromatic heterocycles. The third-order valence-corrected chi connectivity index (χ3v) is 2.49. The number of anilines is 2. The maximum Gasteiger partial charge on any atom is 0.259 e.